The van der Waals surface area contributed by atoms with E-state index in [1.807, 2.05) is 11.3 Å². The van der Waals surface area contributed by atoms with Crippen LogP contribution in [0.4, 0.5) is 0 Å². The van der Waals surface area contributed by atoms with Gasteiger partial charge < -0.3 is 0 Å². The van der Waals surface area contributed by atoms with E-state index in [-0.39, 0.29) is 5.75 Å². The molecule has 6 heteroatoms. The van der Waals surface area contributed by atoms with Gasteiger partial charge in [0.15, 0.2) is 0 Å². The molecule has 4 nitrogen and oxygen atoms in total. The number of aryl methyl sites for hydroxylation is 1. The van der Waals surface area contributed by atoms with Crippen LogP contribution in [0.25, 0.3) is 0 Å². The first-order valence-corrected chi connectivity index (χ1v) is 9.50. The van der Waals surface area contributed by atoms with Gasteiger partial charge in [-0.1, -0.05) is 0 Å². The van der Waals surface area contributed by atoms with E-state index >= 15 is 0 Å². The molecule has 0 saturated heterocycles. The average Bonchev–Trinajstić information content (AvgIpc) is 3.12. The Hall–Kier alpha value is -0.430. The summed E-state index contributed by atoms with van der Waals surface area (Å²) in [5, 5.41) is 0. The number of hydrogen-bond donors (Lipinski definition) is 0. The van der Waals surface area contributed by atoms with E-state index in [0.29, 0.717) is 12.5 Å². The Morgan fingerprint density at radius 1 is 1.30 bits per heavy atom. The van der Waals surface area contributed by atoms with Crippen LogP contribution >= 0.6 is 11.3 Å². The predicted molar refractivity (Wildman–Crippen MR) is 84.6 cm³/mol. The molecule has 0 spiro atoms. The summed E-state index contributed by atoms with van der Waals surface area (Å²) < 4.78 is 24.9. The molecular weight excluding hydrogens is 292 g/mol. The highest BCUT2D eigenvalue weighted by Gasteiger charge is 2.29. The van der Waals surface area contributed by atoms with Gasteiger partial charge in [-0.2, -0.15) is 0 Å². The van der Waals surface area contributed by atoms with Crippen molar-refractivity contribution in [3.05, 3.63) is 21.9 Å². The highest BCUT2D eigenvalue weighted by atomic mass is 32.2. The quantitative estimate of drug-likeness (QED) is 0.739. The van der Waals surface area contributed by atoms with Gasteiger partial charge in [-0.3, -0.25) is 4.90 Å². The SMILES string of the molecule is Cc1ccc(CN(CCCS(=O)(=O)N(C)C)C2CC2)s1. The van der Waals surface area contributed by atoms with Crippen molar-refractivity contribution in [2.24, 2.45) is 0 Å². The molecule has 0 bridgehead atoms. The lowest BCUT2D eigenvalue weighted by Crippen LogP contribution is -2.30. The number of rotatable bonds is 8. The zero-order chi connectivity index (χ0) is 14.8. The molecule has 0 aliphatic heterocycles. The largest absolute Gasteiger partial charge is 0.295 e. The van der Waals surface area contributed by atoms with Crippen molar-refractivity contribution in [1.29, 1.82) is 0 Å². The lowest BCUT2D eigenvalue weighted by atomic mass is 10.3. The number of sulfonamides is 1. The van der Waals surface area contributed by atoms with Gasteiger partial charge in [0, 0.05) is 36.4 Å². The van der Waals surface area contributed by atoms with E-state index in [1.165, 1.54) is 26.9 Å². The summed E-state index contributed by atoms with van der Waals surface area (Å²) in [6, 6.07) is 5.01. The van der Waals surface area contributed by atoms with Crippen LogP contribution in [0.1, 0.15) is 29.0 Å². The van der Waals surface area contributed by atoms with E-state index in [0.717, 1.165) is 13.1 Å². The first-order valence-electron chi connectivity index (χ1n) is 7.08. The van der Waals surface area contributed by atoms with Gasteiger partial charge in [-0.05, 0) is 44.9 Å². The Balaban J connectivity index is 1.84. The number of nitrogens with zero attached hydrogens (tertiary/aromatic N) is 2. The van der Waals surface area contributed by atoms with Crippen LogP contribution in [0.2, 0.25) is 0 Å². The van der Waals surface area contributed by atoms with Crippen molar-refractivity contribution >= 4 is 21.4 Å². The lowest BCUT2D eigenvalue weighted by Gasteiger charge is -2.21. The third-order valence-corrected chi connectivity index (χ3v) is 6.52. The maximum atomic E-state index is 11.8. The van der Waals surface area contributed by atoms with E-state index in [4.69, 9.17) is 0 Å². The van der Waals surface area contributed by atoms with Crippen LogP contribution in [0.3, 0.4) is 0 Å². The summed E-state index contributed by atoms with van der Waals surface area (Å²) in [4.78, 5) is 5.16. The minimum Gasteiger partial charge on any atom is -0.295 e. The van der Waals surface area contributed by atoms with Crippen molar-refractivity contribution in [1.82, 2.24) is 9.21 Å². The zero-order valence-electron chi connectivity index (χ0n) is 12.5. The molecule has 0 aromatic carbocycles. The van der Waals surface area contributed by atoms with Crippen molar-refractivity contribution in [2.75, 3.05) is 26.4 Å². The smallest absolute Gasteiger partial charge is 0.213 e. The van der Waals surface area contributed by atoms with Crippen LogP contribution < -0.4 is 0 Å². The fourth-order valence-corrected chi connectivity index (χ4v) is 4.01. The normalized spacial score (nSPS) is 16.2. The van der Waals surface area contributed by atoms with Crippen LogP contribution in [-0.2, 0) is 16.6 Å². The minimum atomic E-state index is -3.06. The molecule has 114 valence electrons. The Morgan fingerprint density at radius 2 is 2.00 bits per heavy atom. The first kappa shape index (κ1) is 15.9. The highest BCUT2D eigenvalue weighted by molar-refractivity contribution is 7.89. The van der Waals surface area contributed by atoms with Gasteiger partial charge in [0.25, 0.3) is 0 Å². The first-order chi connectivity index (χ1) is 9.38. The van der Waals surface area contributed by atoms with E-state index in [1.54, 1.807) is 14.1 Å². The summed E-state index contributed by atoms with van der Waals surface area (Å²) in [7, 11) is 0.141. The highest BCUT2D eigenvalue weighted by Crippen LogP contribution is 2.29. The summed E-state index contributed by atoms with van der Waals surface area (Å²) in [5.41, 5.74) is 0. The van der Waals surface area contributed by atoms with Crippen molar-refractivity contribution in [3.63, 3.8) is 0 Å². The van der Waals surface area contributed by atoms with Crippen LogP contribution in [0, 0.1) is 6.92 Å². The van der Waals surface area contributed by atoms with Crippen molar-refractivity contribution < 1.29 is 8.42 Å². The second kappa shape index (κ2) is 6.56. The Morgan fingerprint density at radius 3 is 2.50 bits per heavy atom. The molecule has 1 saturated carbocycles. The number of hydrogen-bond acceptors (Lipinski definition) is 4. The summed E-state index contributed by atoms with van der Waals surface area (Å²) in [6.45, 7) is 3.96. The maximum Gasteiger partial charge on any atom is 0.213 e. The van der Waals surface area contributed by atoms with Gasteiger partial charge in [0.05, 0.1) is 5.75 Å². The Bertz CT molecular complexity index is 533. The standard InChI is InChI=1S/C14H24N2O2S2/c1-12-5-8-14(19-12)11-16(13-6-7-13)9-4-10-20(17,18)15(2)3/h5,8,13H,4,6-7,9-11H2,1-3H3. The monoisotopic (exact) mass is 316 g/mol. The van der Waals surface area contributed by atoms with Crippen LogP contribution in [0.15, 0.2) is 12.1 Å². The van der Waals surface area contributed by atoms with Gasteiger partial charge in [-0.25, -0.2) is 12.7 Å². The van der Waals surface area contributed by atoms with Crippen LogP contribution in [-0.4, -0.2) is 50.1 Å². The minimum absolute atomic E-state index is 0.243. The fourth-order valence-electron chi connectivity index (χ4n) is 2.23. The molecule has 1 aliphatic carbocycles. The molecule has 1 heterocycles. The maximum absolute atomic E-state index is 11.8. The molecule has 0 N–H and O–H groups in total. The molecule has 1 aliphatic rings. The summed E-state index contributed by atoms with van der Waals surface area (Å²) >= 11 is 1.84. The molecular formula is C14H24N2O2S2. The van der Waals surface area contributed by atoms with Gasteiger partial charge in [0.2, 0.25) is 10.0 Å². The molecule has 1 fully saturated rings. The molecule has 1 aromatic rings. The predicted octanol–water partition coefficient (Wildman–Crippen LogP) is 2.30. The summed E-state index contributed by atoms with van der Waals surface area (Å²) in [5.74, 6) is 0.243. The van der Waals surface area contributed by atoms with Crippen molar-refractivity contribution in [3.8, 4) is 0 Å². The molecule has 2 rings (SSSR count). The van der Waals surface area contributed by atoms with E-state index in [9.17, 15) is 8.42 Å². The molecule has 0 amide bonds. The van der Waals surface area contributed by atoms with Crippen LogP contribution in [0.5, 0.6) is 0 Å². The zero-order valence-corrected chi connectivity index (χ0v) is 14.1. The molecule has 0 unspecified atom stereocenters. The molecule has 1 aromatic heterocycles. The third-order valence-electron chi connectivity index (χ3n) is 3.62. The molecule has 0 radical (unpaired) electrons. The van der Waals surface area contributed by atoms with Crippen molar-refractivity contribution in [2.45, 2.75) is 38.8 Å². The third kappa shape index (κ3) is 4.55. The van der Waals surface area contributed by atoms with E-state index in [2.05, 4.69) is 24.0 Å². The van der Waals surface area contributed by atoms with Gasteiger partial charge in [-0.15, -0.1) is 11.3 Å². The Labute approximate surface area is 126 Å². The summed E-state index contributed by atoms with van der Waals surface area (Å²) in [6.07, 6.45) is 3.22. The Kier molecular flexibility index (Phi) is 5.23. The molecule has 0 atom stereocenters. The number of thiophene rings is 1. The average molecular weight is 316 g/mol. The van der Waals surface area contributed by atoms with Gasteiger partial charge >= 0.3 is 0 Å². The van der Waals surface area contributed by atoms with Gasteiger partial charge in [0.1, 0.15) is 0 Å². The fraction of sp³-hybridized carbons (Fsp3) is 0.714. The van der Waals surface area contributed by atoms with E-state index < -0.39 is 10.0 Å². The topological polar surface area (TPSA) is 40.6 Å². The lowest BCUT2D eigenvalue weighted by molar-refractivity contribution is 0.257. The second-order valence-corrected chi connectivity index (χ2v) is 9.34. The molecule has 20 heavy (non-hydrogen) atoms. The second-order valence-electron chi connectivity index (χ2n) is 5.67.